The zero-order chi connectivity index (χ0) is 40.0. The van der Waals surface area contributed by atoms with E-state index >= 15 is 0 Å². The highest BCUT2D eigenvalue weighted by molar-refractivity contribution is 6.19. The third-order valence-electron chi connectivity index (χ3n) is 12.4. The quantitative estimate of drug-likeness (QED) is 0.175. The number of hydrogen-bond acceptors (Lipinski definition) is 2. The number of benzene rings is 9. The fourth-order valence-corrected chi connectivity index (χ4v) is 9.72. The van der Waals surface area contributed by atoms with Gasteiger partial charge in [0.2, 0.25) is 0 Å². The molecule has 0 atom stereocenters. The van der Waals surface area contributed by atoms with Crippen LogP contribution >= 0.6 is 0 Å². The van der Waals surface area contributed by atoms with Crippen LogP contribution in [-0.4, -0.2) is 23.7 Å². The normalized spacial score (nSPS) is 11.9. The van der Waals surface area contributed by atoms with Gasteiger partial charge in [0.1, 0.15) is 0 Å². The summed E-state index contributed by atoms with van der Waals surface area (Å²) in [5.41, 5.74) is 14.4. The van der Waals surface area contributed by atoms with E-state index < -0.39 is 0 Å². The average Bonchev–Trinajstić information content (AvgIpc) is 3.96. The van der Waals surface area contributed by atoms with Gasteiger partial charge in [-0.3, -0.25) is 0 Å². The lowest BCUT2D eigenvalue weighted by atomic mass is 10.1. The smallest absolute Gasteiger partial charge is 0.160 e. The van der Waals surface area contributed by atoms with Gasteiger partial charge in [0.05, 0.1) is 44.3 Å². The molecule has 0 radical (unpaired) electrons. The van der Waals surface area contributed by atoms with Crippen molar-refractivity contribution in [1.82, 2.24) is 23.7 Å². The monoisotopic (exact) mass is 777 g/mol. The molecule has 0 bridgehead atoms. The Balaban J connectivity index is 0.995. The summed E-state index contributed by atoms with van der Waals surface area (Å²) >= 11 is 0. The molecule has 0 saturated carbocycles. The summed E-state index contributed by atoms with van der Waals surface area (Å²) in [5.74, 6) is 0.712. The molecule has 61 heavy (non-hydrogen) atoms. The lowest BCUT2D eigenvalue weighted by Gasteiger charge is -2.12. The Hall–Kier alpha value is -8.28. The standard InChI is InChI=1S/C56H35N5/c1-3-15-36(16-4-1)55-44-22-7-11-23-48(44)57-56(58-55)37-27-29-39(30-28-37)60-50-25-13-9-20-42(50)46-35-54-47(34-53(46)60)43-21-10-14-26-51(43)61(54)40-31-32-52-45(33-40)41-19-8-12-24-49(41)59(52)38-17-5-2-6-18-38/h1-35H. The topological polar surface area (TPSA) is 40.6 Å². The first-order valence-electron chi connectivity index (χ1n) is 20.8. The molecular weight excluding hydrogens is 743 g/mol. The minimum Gasteiger partial charge on any atom is -0.309 e. The first kappa shape index (κ1) is 33.7. The van der Waals surface area contributed by atoms with Crippen LogP contribution in [0.5, 0.6) is 0 Å². The van der Waals surface area contributed by atoms with Crippen LogP contribution in [0.4, 0.5) is 0 Å². The molecule has 9 aromatic carbocycles. The van der Waals surface area contributed by atoms with Crippen LogP contribution in [0.2, 0.25) is 0 Å². The van der Waals surface area contributed by atoms with Crippen molar-refractivity contribution >= 4 is 76.3 Å². The number of rotatable bonds is 5. The average molecular weight is 778 g/mol. The van der Waals surface area contributed by atoms with Crippen LogP contribution in [0.3, 0.4) is 0 Å². The molecule has 0 aliphatic heterocycles. The molecule has 4 aromatic heterocycles. The van der Waals surface area contributed by atoms with E-state index in [1.807, 2.05) is 12.1 Å². The zero-order valence-corrected chi connectivity index (χ0v) is 32.9. The molecule has 4 heterocycles. The van der Waals surface area contributed by atoms with E-state index in [1.54, 1.807) is 0 Å². The first-order chi connectivity index (χ1) is 30.3. The van der Waals surface area contributed by atoms with Crippen molar-refractivity contribution in [3.63, 3.8) is 0 Å². The van der Waals surface area contributed by atoms with E-state index in [0.29, 0.717) is 5.82 Å². The number of para-hydroxylation sites is 5. The molecule has 0 unspecified atom stereocenters. The molecule has 0 N–H and O–H groups in total. The number of fused-ring (bicyclic) bond motifs is 10. The van der Waals surface area contributed by atoms with Gasteiger partial charge in [-0.1, -0.05) is 121 Å². The van der Waals surface area contributed by atoms with Gasteiger partial charge in [0, 0.05) is 65.9 Å². The second-order valence-electron chi connectivity index (χ2n) is 15.8. The SMILES string of the molecule is c1ccc(-c2nc(-c3ccc(-n4c5ccccc5c5cc6c(cc54)c4ccccc4n6-c4ccc5c(c4)c4ccccc4n5-c4ccccc4)cc3)nc3ccccc23)cc1. The maximum absolute atomic E-state index is 5.15. The summed E-state index contributed by atoms with van der Waals surface area (Å²) in [6, 6.07) is 76.1. The van der Waals surface area contributed by atoms with Crippen molar-refractivity contribution in [1.29, 1.82) is 0 Å². The molecule has 0 aliphatic rings. The van der Waals surface area contributed by atoms with Crippen molar-refractivity contribution in [2.75, 3.05) is 0 Å². The maximum atomic E-state index is 5.15. The minimum atomic E-state index is 0.712. The summed E-state index contributed by atoms with van der Waals surface area (Å²) in [5, 5.41) is 8.38. The maximum Gasteiger partial charge on any atom is 0.160 e. The highest BCUT2D eigenvalue weighted by Crippen LogP contribution is 2.41. The Morgan fingerprint density at radius 3 is 1.33 bits per heavy atom. The Morgan fingerprint density at radius 2 is 0.705 bits per heavy atom. The molecular formula is C56H35N5. The highest BCUT2D eigenvalue weighted by Gasteiger charge is 2.20. The predicted octanol–water partition coefficient (Wildman–Crippen LogP) is 14.3. The lowest BCUT2D eigenvalue weighted by Crippen LogP contribution is -1.97. The summed E-state index contributed by atoms with van der Waals surface area (Å²) < 4.78 is 7.23. The summed E-state index contributed by atoms with van der Waals surface area (Å²) in [7, 11) is 0. The molecule has 0 aliphatic carbocycles. The van der Waals surface area contributed by atoms with Crippen LogP contribution in [0, 0.1) is 0 Å². The summed E-state index contributed by atoms with van der Waals surface area (Å²) in [4.78, 5) is 10.2. The Bertz CT molecular complexity index is 3850. The van der Waals surface area contributed by atoms with Crippen LogP contribution in [0.1, 0.15) is 0 Å². The molecule has 5 nitrogen and oxygen atoms in total. The number of nitrogens with zero attached hydrogens (tertiary/aromatic N) is 5. The van der Waals surface area contributed by atoms with Gasteiger partial charge in [0.25, 0.3) is 0 Å². The van der Waals surface area contributed by atoms with Crippen molar-refractivity contribution in [2.45, 2.75) is 0 Å². The van der Waals surface area contributed by atoms with Crippen LogP contribution in [0.15, 0.2) is 212 Å². The van der Waals surface area contributed by atoms with Crippen LogP contribution < -0.4 is 0 Å². The largest absolute Gasteiger partial charge is 0.309 e. The fraction of sp³-hybridized carbons (Fsp3) is 0. The van der Waals surface area contributed by atoms with Gasteiger partial charge in [0.15, 0.2) is 5.82 Å². The van der Waals surface area contributed by atoms with E-state index in [0.717, 1.165) is 50.3 Å². The molecule has 13 aromatic rings. The van der Waals surface area contributed by atoms with Crippen molar-refractivity contribution in [3.8, 4) is 39.7 Å². The molecule has 0 saturated heterocycles. The van der Waals surface area contributed by atoms with E-state index in [9.17, 15) is 0 Å². The molecule has 0 amide bonds. The van der Waals surface area contributed by atoms with Crippen LogP contribution in [0.25, 0.3) is 116 Å². The van der Waals surface area contributed by atoms with Crippen molar-refractivity contribution in [2.24, 2.45) is 0 Å². The van der Waals surface area contributed by atoms with Gasteiger partial charge in [-0.05, 0) is 91.0 Å². The highest BCUT2D eigenvalue weighted by atomic mass is 15.0. The van der Waals surface area contributed by atoms with Crippen molar-refractivity contribution in [3.05, 3.63) is 212 Å². The van der Waals surface area contributed by atoms with E-state index in [2.05, 4.69) is 214 Å². The first-order valence-corrected chi connectivity index (χ1v) is 20.8. The van der Waals surface area contributed by atoms with Crippen molar-refractivity contribution < 1.29 is 0 Å². The van der Waals surface area contributed by atoms with Gasteiger partial charge >= 0.3 is 0 Å². The van der Waals surface area contributed by atoms with E-state index in [-0.39, 0.29) is 0 Å². The Labute approximate surface area is 350 Å². The zero-order valence-electron chi connectivity index (χ0n) is 32.9. The molecule has 5 heteroatoms. The van der Waals surface area contributed by atoms with Gasteiger partial charge in [-0.2, -0.15) is 0 Å². The third-order valence-corrected chi connectivity index (χ3v) is 12.4. The van der Waals surface area contributed by atoms with Crippen LogP contribution in [-0.2, 0) is 0 Å². The Morgan fingerprint density at radius 1 is 0.262 bits per heavy atom. The predicted molar refractivity (Wildman–Crippen MR) is 253 cm³/mol. The van der Waals surface area contributed by atoms with Gasteiger partial charge in [-0.25, -0.2) is 9.97 Å². The van der Waals surface area contributed by atoms with Gasteiger partial charge in [-0.15, -0.1) is 0 Å². The molecule has 0 spiro atoms. The van der Waals surface area contributed by atoms with Gasteiger partial charge < -0.3 is 13.7 Å². The number of hydrogen-bond donors (Lipinski definition) is 0. The van der Waals surface area contributed by atoms with E-state index in [4.69, 9.17) is 9.97 Å². The number of aromatic nitrogens is 5. The molecule has 284 valence electrons. The summed E-state index contributed by atoms with van der Waals surface area (Å²) in [6.45, 7) is 0. The lowest BCUT2D eigenvalue weighted by molar-refractivity contribution is 1.16. The molecule has 13 rings (SSSR count). The second-order valence-corrected chi connectivity index (χ2v) is 15.8. The Kier molecular flexibility index (Phi) is 7.24. The molecule has 0 fully saturated rings. The fourth-order valence-electron chi connectivity index (χ4n) is 9.72. The minimum absolute atomic E-state index is 0.712. The third kappa shape index (κ3) is 5.08. The van der Waals surface area contributed by atoms with E-state index in [1.165, 1.54) is 59.9 Å². The second kappa shape index (κ2) is 13.1. The summed E-state index contributed by atoms with van der Waals surface area (Å²) in [6.07, 6.45) is 0.